The van der Waals surface area contributed by atoms with Crippen molar-refractivity contribution in [3.63, 3.8) is 0 Å². The van der Waals surface area contributed by atoms with Crippen LogP contribution in [0.4, 0.5) is 11.4 Å². The average Bonchev–Trinajstić information content (AvgIpc) is 3.10. The Morgan fingerprint density at radius 1 is 1.25 bits per heavy atom. The first kappa shape index (κ1) is 19.5. The molecule has 0 bridgehead atoms. The Labute approximate surface area is 170 Å². The molecule has 4 rings (SSSR count). The first-order chi connectivity index (χ1) is 13.5. The Kier molecular flexibility index (Phi) is 5.75. The van der Waals surface area contributed by atoms with Crippen LogP contribution in [0.15, 0.2) is 35.5 Å². The number of piperidine rings is 1. The van der Waals surface area contributed by atoms with Gasteiger partial charge in [0.2, 0.25) is 5.91 Å². The minimum Gasteiger partial charge on any atom is -0.320 e. The van der Waals surface area contributed by atoms with Crippen molar-refractivity contribution in [3.8, 4) is 0 Å². The summed E-state index contributed by atoms with van der Waals surface area (Å²) >= 11 is 1.69. The van der Waals surface area contributed by atoms with E-state index < -0.39 is 0 Å². The van der Waals surface area contributed by atoms with E-state index in [1.54, 1.807) is 11.8 Å². The molecule has 0 spiro atoms. The monoisotopic (exact) mass is 400 g/mol. The summed E-state index contributed by atoms with van der Waals surface area (Å²) in [6.45, 7) is 2.31. The molecule has 0 aromatic heterocycles. The van der Waals surface area contributed by atoms with Crippen LogP contribution in [-0.2, 0) is 9.59 Å². The number of rotatable bonds is 4. The average molecular weight is 401 g/mol. The van der Waals surface area contributed by atoms with E-state index in [4.69, 9.17) is 0 Å². The third-order valence-electron chi connectivity index (χ3n) is 5.68. The van der Waals surface area contributed by atoms with Crippen molar-refractivity contribution in [2.45, 2.75) is 25.3 Å². The van der Waals surface area contributed by atoms with Gasteiger partial charge in [-0.1, -0.05) is 18.6 Å². The molecule has 7 heteroatoms. The Morgan fingerprint density at radius 2 is 2.07 bits per heavy atom. The molecular formula is C21H28N4O2S. The number of thioether (sulfide) groups is 1. The first-order valence-electron chi connectivity index (χ1n) is 9.96. The van der Waals surface area contributed by atoms with E-state index in [0.717, 1.165) is 42.9 Å². The van der Waals surface area contributed by atoms with Crippen LogP contribution in [-0.4, -0.2) is 72.9 Å². The van der Waals surface area contributed by atoms with Gasteiger partial charge in [-0.05, 0) is 45.6 Å². The van der Waals surface area contributed by atoms with Gasteiger partial charge in [0.05, 0.1) is 17.9 Å². The summed E-state index contributed by atoms with van der Waals surface area (Å²) in [7, 11) is 4.17. The molecule has 0 radical (unpaired) electrons. The van der Waals surface area contributed by atoms with Gasteiger partial charge in [-0.3, -0.25) is 19.4 Å². The highest BCUT2D eigenvalue weighted by Gasteiger charge is 2.35. The van der Waals surface area contributed by atoms with Gasteiger partial charge in [-0.15, -0.1) is 0 Å². The lowest BCUT2D eigenvalue weighted by Gasteiger charge is -2.38. The van der Waals surface area contributed by atoms with E-state index in [1.165, 1.54) is 6.42 Å². The van der Waals surface area contributed by atoms with Gasteiger partial charge in [-0.25, -0.2) is 0 Å². The van der Waals surface area contributed by atoms with Crippen molar-refractivity contribution in [1.82, 2.24) is 9.80 Å². The number of likely N-dealkylation sites (N-methyl/N-ethyl adjacent to an activating group) is 1. The van der Waals surface area contributed by atoms with Crippen LogP contribution in [0.25, 0.3) is 0 Å². The van der Waals surface area contributed by atoms with Crippen LogP contribution in [0.3, 0.4) is 0 Å². The highest BCUT2D eigenvalue weighted by atomic mass is 32.2. The van der Waals surface area contributed by atoms with E-state index in [2.05, 4.69) is 29.2 Å². The molecular weight excluding hydrogens is 372 g/mol. The summed E-state index contributed by atoms with van der Waals surface area (Å²) in [6, 6.07) is 8.03. The number of amides is 2. The fraction of sp³-hybridized carbons (Fsp3) is 0.524. The van der Waals surface area contributed by atoms with Crippen LogP contribution in [0.2, 0.25) is 0 Å². The van der Waals surface area contributed by atoms with Gasteiger partial charge >= 0.3 is 0 Å². The molecule has 28 heavy (non-hydrogen) atoms. The maximum absolute atomic E-state index is 13.6. The summed E-state index contributed by atoms with van der Waals surface area (Å²) in [6.07, 6.45) is 3.49. The molecule has 6 nitrogen and oxygen atoms in total. The molecule has 2 amide bonds. The molecule has 1 saturated heterocycles. The zero-order chi connectivity index (χ0) is 19.7. The van der Waals surface area contributed by atoms with Crippen LogP contribution < -0.4 is 10.2 Å². The molecule has 1 aromatic rings. The molecule has 1 aromatic carbocycles. The van der Waals surface area contributed by atoms with Crippen LogP contribution in [0, 0.1) is 0 Å². The van der Waals surface area contributed by atoms with E-state index >= 15 is 0 Å². The van der Waals surface area contributed by atoms with Gasteiger partial charge in [0.15, 0.2) is 0 Å². The highest BCUT2D eigenvalue weighted by molar-refractivity contribution is 8.00. The number of anilines is 2. The van der Waals surface area contributed by atoms with Crippen LogP contribution in [0.1, 0.15) is 19.3 Å². The van der Waals surface area contributed by atoms with Crippen LogP contribution >= 0.6 is 11.8 Å². The second-order valence-electron chi connectivity index (χ2n) is 8.00. The zero-order valence-electron chi connectivity index (χ0n) is 16.6. The molecule has 0 aliphatic carbocycles. The number of nitrogens with zero attached hydrogens (tertiary/aromatic N) is 3. The summed E-state index contributed by atoms with van der Waals surface area (Å²) in [5.74, 6) is 1.34. The summed E-state index contributed by atoms with van der Waals surface area (Å²) in [4.78, 5) is 32.5. The minimum atomic E-state index is -0.0776. The Hall–Kier alpha value is -1.83. The number of likely N-dealkylation sites (tertiary alicyclic amines) is 1. The Morgan fingerprint density at radius 3 is 2.89 bits per heavy atom. The van der Waals surface area contributed by atoms with Crippen molar-refractivity contribution < 1.29 is 9.59 Å². The smallest absolute Gasteiger partial charge is 0.254 e. The van der Waals surface area contributed by atoms with Crippen molar-refractivity contribution >= 4 is 35.0 Å². The molecule has 1 fully saturated rings. The number of benzene rings is 1. The molecule has 150 valence electrons. The van der Waals surface area contributed by atoms with Gasteiger partial charge in [-0.2, -0.15) is 11.8 Å². The topological polar surface area (TPSA) is 55.9 Å². The predicted molar refractivity (Wildman–Crippen MR) is 115 cm³/mol. The fourth-order valence-electron chi connectivity index (χ4n) is 4.36. The predicted octanol–water partition coefficient (Wildman–Crippen LogP) is 2.39. The molecule has 3 heterocycles. The molecule has 1 atom stereocenters. The third kappa shape index (κ3) is 3.83. The number of fused-ring (bicyclic) bond motifs is 1. The largest absolute Gasteiger partial charge is 0.320 e. The van der Waals surface area contributed by atoms with Gasteiger partial charge in [0, 0.05) is 35.4 Å². The molecule has 3 aliphatic heterocycles. The molecule has 0 saturated carbocycles. The Balaban J connectivity index is 1.64. The first-order valence-corrected chi connectivity index (χ1v) is 11.1. The second-order valence-corrected chi connectivity index (χ2v) is 8.99. The number of nitrogens with one attached hydrogen (secondary N) is 1. The Bertz CT molecular complexity index is 807. The van der Waals surface area contributed by atoms with Crippen molar-refractivity contribution in [2.75, 3.05) is 55.5 Å². The minimum absolute atomic E-state index is 0.0598. The lowest BCUT2D eigenvalue weighted by atomic mass is 10.0. The SMILES string of the molecule is CN(C)CC1CCCCN1CC(=O)N1C2=C(CSC2)C(=O)Nc2ccccc21. The van der Waals surface area contributed by atoms with Crippen molar-refractivity contribution in [1.29, 1.82) is 0 Å². The van der Waals surface area contributed by atoms with E-state index in [1.807, 2.05) is 29.2 Å². The fourth-order valence-corrected chi connectivity index (χ4v) is 5.46. The quantitative estimate of drug-likeness (QED) is 0.841. The number of para-hydroxylation sites is 2. The molecule has 1 N–H and O–H groups in total. The number of hydrogen-bond donors (Lipinski definition) is 1. The molecule has 1 unspecified atom stereocenters. The number of hydrogen-bond acceptors (Lipinski definition) is 5. The van der Waals surface area contributed by atoms with E-state index in [-0.39, 0.29) is 11.8 Å². The number of carbonyl (C=O) groups is 2. The van der Waals surface area contributed by atoms with Crippen molar-refractivity contribution in [3.05, 3.63) is 35.5 Å². The summed E-state index contributed by atoms with van der Waals surface area (Å²) in [5.41, 5.74) is 3.09. The lowest BCUT2D eigenvalue weighted by Crippen LogP contribution is -2.50. The van der Waals surface area contributed by atoms with Crippen molar-refractivity contribution in [2.24, 2.45) is 0 Å². The maximum Gasteiger partial charge on any atom is 0.254 e. The van der Waals surface area contributed by atoms with Gasteiger partial charge in [0.1, 0.15) is 0 Å². The van der Waals surface area contributed by atoms with Gasteiger partial charge < -0.3 is 10.2 Å². The molecule has 3 aliphatic rings. The van der Waals surface area contributed by atoms with Crippen LogP contribution in [0.5, 0.6) is 0 Å². The van der Waals surface area contributed by atoms with E-state index in [0.29, 0.717) is 29.8 Å². The zero-order valence-corrected chi connectivity index (χ0v) is 17.4. The second kappa shape index (κ2) is 8.27. The third-order valence-corrected chi connectivity index (χ3v) is 6.65. The number of carbonyl (C=O) groups excluding carboxylic acids is 2. The maximum atomic E-state index is 13.6. The standard InChI is InChI=1S/C21H28N4O2S/c1-23(2)11-15-7-5-6-10-24(15)12-20(26)25-18-9-4-3-8-17(18)22-21(27)16-13-28-14-19(16)25/h3-4,8-9,15H,5-7,10-14H2,1-2H3,(H,22,27). The summed E-state index contributed by atoms with van der Waals surface area (Å²) < 4.78 is 0. The normalized spacial score (nSPS) is 22.8. The lowest BCUT2D eigenvalue weighted by molar-refractivity contribution is -0.120. The van der Waals surface area contributed by atoms with Gasteiger partial charge in [0.25, 0.3) is 5.91 Å². The highest BCUT2D eigenvalue weighted by Crippen LogP contribution is 2.38. The van der Waals surface area contributed by atoms with E-state index in [9.17, 15) is 9.59 Å². The summed E-state index contributed by atoms with van der Waals surface area (Å²) in [5, 5.41) is 2.99.